The van der Waals surface area contributed by atoms with Gasteiger partial charge in [-0.2, -0.15) is 5.26 Å². The Kier molecular flexibility index (Phi) is 5.06. The molecule has 0 aliphatic carbocycles. The molecule has 0 saturated heterocycles. The lowest BCUT2D eigenvalue weighted by atomic mass is 10.2. The third kappa shape index (κ3) is 5.69. The zero-order valence-corrected chi connectivity index (χ0v) is 7.58. The SMILES string of the molecule is CC(C#N)CN(C)CCC(N)=O. The maximum absolute atomic E-state index is 10.4. The van der Waals surface area contributed by atoms with Crippen LogP contribution in [0, 0.1) is 17.2 Å². The summed E-state index contributed by atoms with van der Waals surface area (Å²) in [5.41, 5.74) is 4.97. The Hall–Kier alpha value is -1.08. The smallest absolute Gasteiger partial charge is 0.218 e. The van der Waals surface area contributed by atoms with Crippen molar-refractivity contribution < 1.29 is 4.79 Å². The highest BCUT2D eigenvalue weighted by Crippen LogP contribution is 1.96. The molecule has 0 bridgehead atoms. The van der Waals surface area contributed by atoms with E-state index in [1.165, 1.54) is 0 Å². The Bertz CT molecular complexity index is 185. The normalized spacial score (nSPS) is 12.5. The maximum Gasteiger partial charge on any atom is 0.218 e. The molecule has 0 fully saturated rings. The number of nitrogens with zero attached hydrogens (tertiary/aromatic N) is 2. The van der Waals surface area contributed by atoms with Gasteiger partial charge >= 0.3 is 0 Å². The molecule has 0 aromatic rings. The van der Waals surface area contributed by atoms with E-state index in [9.17, 15) is 4.79 Å². The van der Waals surface area contributed by atoms with Crippen molar-refractivity contribution >= 4 is 5.91 Å². The lowest BCUT2D eigenvalue weighted by Crippen LogP contribution is -2.28. The fourth-order valence-electron chi connectivity index (χ4n) is 0.901. The molecule has 0 saturated carbocycles. The van der Waals surface area contributed by atoms with Gasteiger partial charge in [0.05, 0.1) is 12.0 Å². The number of amides is 1. The van der Waals surface area contributed by atoms with Crippen LogP contribution in [-0.4, -0.2) is 30.9 Å². The van der Waals surface area contributed by atoms with Crippen LogP contribution in [0.25, 0.3) is 0 Å². The first-order chi connectivity index (χ1) is 5.56. The van der Waals surface area contributed by atoms with Crippen LogP contribution in [0.3, 0.4) is 0 Å². The van der Waals surface area contributed by atoms with E-state index in [-0.39, 0.29) is 11.8 Å². The quantitative estimate of drug-likeness (QED) is 0.627. The van der Waals surface area contributed by atoms with E-state index in [1.54, 1.807) is 0 Å². The largest absolute Gasteiger partial charge is 0.370 e. The maximum atomic E-state index is 10.4. The van der Waals surface area contributed by atoms with E-state index in [0.717, 1.165) is 0 Å². The van der Waals surface area contributed by atoms with Gasteiger partial charge in [-0.1, -0.05) is 0 Å². The molecule has 0 radical (unpaired) electrons. The number of nitrogens with two attached hydrogens (primary N) is 1. The average molecular weight is 169 g/mol. The predicted octanol–water partition coefficient (Wildman–Crippen LogP) is -0.0467. The Morgan fingerprint density at radius 1 is 1.75 bits per heavy atom. The van der Waals surface area contributed by atoms with E-state index in [4.69, 9.17) is 11.0 Å². The molecule has 68 valence electrons. The first-order valence-corrected chi connectivity index (χ1v) is 3.92. The van der Waals surface area contributed by atoms with Crippen LogP contribution in [0.2, 0.25) is 0 Å². The van der Waals surface area contributed by atoms with Crippen molar-refractivity contribution in [1.29, 1.82) is 5.26 Å². The monoisotopic (exact) mass is 169 g/mol. The van der Waals surface area contributed by atoms with E-state index in [1.807, 2.05) is 18.9 Å². The Morgan fingerprint density at radius 2 is 2.33 bits per heavy atom. The van der Waals surface area contributed by atoms with Gasteiger partial charge in [0.2, 0.25) is 5.91 Å². The first kappa shape index (κ1) is 10.9. The van der Waals surface area contributed by atoms with E-state index >= 15 is 0 Å². The molecule has 12 heavy (non-hydrogen) atoms. The second-order valence-corrected chi connectivity index (χ2v) is 3.01. The van der Waals surface area contributed by atoms with Crippen LogP contribution in [0.15, 0.2) is 0 Å². The summed E-state index contributed by atoms with van der Waals surface area (Å²) >= 11 is 0. The molecule has 2 N–H and O–H groups in total. The lowest BCUT2D eigenvalue weighted by Gasteiger charge is -2.16. The molecule has 0 aromatic heterocycles. The van der Waals surface area contributed by atoms with Crippen molar-refractivity contribution in [1.82, 2.24) is 4.90 Å². The van der Waals surface area contributed by atoms with Crippen LogP contribution in [0.4, 0.5) is 0 Å². The Labute approximate surface area is 72.9 Å². The fourth-order valence-corrected chi connectivity index (χ4v) is 0.901. The molecule has 0 aromatic carbocycles. The Morgan fingerprint density at radius 3 is 2.75 bits per heavy atom. The molecular weight excluding hydrogens is 154 g/mol. The van der Waals surface area contributed by atoms with Crippen LogP contribution >= 0.6 is 0 Å². The van der Waals surface area contributed by atoms with E-state index < -0.39 is 0 Å². The first-order valence-electron chi connectivity index (χ1n) is 3.92. The van der Waals surface area contributed by atoms with Crippen LogP contribution in [-0.2, 0) is 4.79 Å². The second-order valence-electron chi connectivity index (χ2n) is 3.01. The van der Waals surface area contributed by atoms with Gasteiger partial charge in [-0.25, -0.2) is 0 Å². The van der Waals surface area contributed by atoms with Crippen LogP contribution in [0.5, 0.6) is 0 Å². The number of rotatable bonds is 5. The van der Waals surface area contributed by atoms with Gasteiger partial charge in [-0.3, -0.25) is 4.79 Å². The van der Waals surface area contributed by atoms with Crippen molar-refractivity contribution in [2.24, 2.45) is 11.7 Å². The van der Waals surface area contributed by atoms with E-state index in [2.05, 4.69) is 6.07 Å². The van der Waals surface area contributed by atoms with Crippen molar-refractivity contribution in [3.8, 4) is 6.07 Å². The molecule has 0 spiro atoms. The summed E-state index contributed by atoms with van der Waals surface area (Å²) in [5.74, 6) is -0.297. The summed E-state index contributed by atoms with van der Waals surface area (Å²) in [7, 11) is 1.87. The molecule has 0 rings (SSSR count). The third-order valence-corrected chi connectivity index (χ3v) is 1.55. The van der Waals surface area contributed by atoms with Crippen molar-refractivity contribution in [3.05, 3.63) is 0 Å². The van der Waals surface area contributed by atoms with E-state index in [0.29, 0.717) is 19.5 Å². The highest BCUT2D eigenvalue weighted by Gasteiger charge is 2.05. The highest BCUT2D eigenvalue weighted by molar-refractivity contribution is 5.73. The summed E-state index contributed by atoms with van der Waals surface area (Å²) < 4.78 is 0. The third-order valence-electron chi connectivity index (χ3n) is 1.55. The number of carbonyl (C=O) groups is 1. The zero-order chi connectivity index (χ0) is 9.56. The van der Waals surface area contributed by atoms with Crippen molar-refractivity contribution in [2.75, 3.05) is 20.1 Å². The highest BCUT2D eigenvalue weighted by atomic mass is 16.1. The summed E-state index contributed by atoms with van der Waals surface area (Å²) in [4.78, 5) is 12.3. The minimum Gasteiger partial charge on any atom is -0.370 e. The summed E-state index contributed by atoms with van der Waals surface area (Å²) in [5, 5.41) is 8.49. The summed E-state index contributed by atoms with van der Waals surface area (Å²) in [6.45, 7) is 3.16. The van der Waals surface area contributed by atoms with Crippen LogP contribution in [0.1, 0.15) is 13.3 Å². The minimum absolute atomic E-state index is 0.00266. The fraction of sp³-hybridized carbons (Fsp3) is 0.750. The summed E-state index contributed by atoms with van der Waals surface area (Å²) in [6, 6.07) is 2.13. The molecule has 4 heteroatoms. The van der Waals surface area contributed by atoms with Gasteiger partial charge in [-0.05, 0) is 14.0 Å². The van der Waals surface area contributed by atoms with Crippen LogP contribution < -0.4 is 5.73 Å². The van der Waals surface area contributed by atoms with Crippen molar-refractivity contribution in [2.45, 2.75) is 13.3 Å². The van der Waals surface area contributed by atoms with Gasteiger partial charge in [0.1, 0.15) is 0 Å². The number of nitriles is 1. The van der Waals surface area contributed by atoms with Gasteiger partial charge in [0.25, 0.3) is 0 Å². The lowest BCUT2D eigenvalue weighted by molar-refractivity contribution is -0.118. The molecule has 1 amide bonds. The molecule has 1 atom stereocenters. The number of primary amides is 1. The number of carbonyl (C=O) groups excluding carboxylic acids is 1. The standard InChI is InChI=1S/C8H15N3O/c1-7(5-9)6-11(2)4-3-8(10)12/h7H,3-4,6H2,1-2H3,(H2,10,12). The molecular formula is C8H15N3O. The Balaban J connectivity index is 3.54. The van der Waals surface area contributed by atoms with Gasteiger partial charge < -0.3 is 10.6 Å². The second kappa shape index (κ2) is 5.56. The van der Waals surface area contributed by atoms with Crippen molar-refractivity contribution in [3.63, 3.8) is 0 Å². The predicted molar refractivity (Wildman–Crippen MR) is 46.1 cm³/mol. The summed E-state index contributed by atoms with van der Waals surface area (Å²) in [6.07, 6.45) is 0.356. The average Bonchev–Trinajstić information content (AvgIpc) is 2.00. The molecule has 4 nitrogen and oxygen atoms in total. The van der Waals surface area contributed by atoms with Gasteiger partial charge in [0, 0.05) is 19.5 Å². The molecule has 0 aliphatic rings. The van der Waals surface area contributed by atoms with Gasteiger partial charge in [0.15, 0.2) is 0 Å². The number of hydrogen-bond donors (Lipinski definition) is 1. The topological polar surface area (TPSA) is 70.1 Å². The minimum atomic E-state index is -0.300. The molecule has 0 aliphatic heterocycles. The van der Waals surface area contributed by atoms with Gasteiger partial charge in [-0.15, -0.1) is 0 Å². The zero-order valence-electron chi connectivity index (χ0n) is 7.58. The molecule has 0 heterocycles. The number of hydrogen-bond acceptors (Lipinski definition) is 3. The molecule has 1 unspecified atom stereocenters.